The number of aryl methyl sites for hydroxylation is 2. The van der Waals surface area contributed by atoms with Gasteiger partial charge in [-0.25, -0.2) is 9.67 Å². The van der Waals surface area contributed by atoms with E-state index in [9.17, 15) is 14.9 Å². The van der Waals surface area contributed by atoms with E-state index in [1.165, 1.54) is 24.5 Å². The van der Waals surface area contributed by atoms with E-state index in [1.807, 2.05) is 13.0 Å². The van der Waals surface area contributed by atoms with Crippen molar-refractivity contribution in [3.63, 3.8) is 0 Å². The Hall–Kier alpha value is -3.29. The van der Waals surface area contributed by atoms with Crippen LogP contribution < -0.4 is 5.32 Å². The van der Waals surface area contributed by atoms with Crippen molar-refractivity contribution in [2.45, 2.75) is 39.2 Å². The van der Waals surface area contributed by atoms with Crippen LogP contribution in [0.5, 0.6) is 0 Å². The Morgan fingerprint density at radius 3 is 2.81 bits per heavy atom. The molecular formula is C19H19N5O3. The normalized spacial score (nSPS) is 13.7. The van der Waals surface area contributed by atoms with E-state index in [0.717, 1.165) is 16.6 Å². The van der Waals surface area contributed by atoms with E-state index in [4.69, 9.17) is 0 Å². The van der Waals surface area contributed by atoms with Crippen LogP contribution in [-0.2, 0) is 11.3 Å². The molecular weight excluding hydrogens is 346 g/mol. The summed E-state index contributed by atoms with van der Waals surface area (Å²) in [5, 5.41) is 19.3. The second-order valence-corrected chi connectivity index (χ2v) is 6.94. The van der Waals surface area contributed by atoms with Gasteiger partial charge in [-0.15, -0.1) is 0 Å². The van der Waals surface area contributed by atoms with Crippen LogP contribution in [0.4, 0.5) is 11.4 Å². The molecule has 1 aliphatic carbocycles. The maximum absolute atomic E-state index is 12.5. The van der Waals surface area contributed by atoms with Crippen LogP contribution in [0.15, 0.2) is 30.5 Å². The van der Waals surface area contributed by atoms with Crippen molar-refractivity contribution in [1.29, 1.82) is 0 Å². The summed E-state index contributed by atoms with van der Waals surface area (Å²) in [6.07, 6.45) is 4.08. The van der Waals surface area contributed by atoms with E-state index >= 15 is 0 Å². The minimum atomic E-state index is -0.500. The van der Waals surface area contributed by atoms with Crippen LogP contribution in [0, 0.1) is 24.0 Å². The lowest BCUT2D eigenvalue weighted by molar-refractivity contribution is -0.384. The molecule has 4 rings (SSSR count). The summed E-state index contributed by atoms with van der Waals surface area (Å²) in [5.41, 5.74) is 3.55. The first-order valence-corrected chi connectivity index (χ1v) is 8.81. The van der Waals surface area contributed by atoms with Crippen molar-refractivity contribution in [2.75, 3.05) is 5.32 Å². The Bertz CT molecular complexity index is 1070. The first-order valence-electron chi connectivity index (χ1n) is 8.81. The van der Waals surface area contributed by atoms with Crippen molar-refractivity contribution in [3.8, 4) is 0 Å². The molecule has 8 nitrogen and oxygen atoms in total. The summed E-state index contributed by atoms with van der Waals surface area (Å²) in [5.74, 6) is 0.167. The van der Waals surface area contributed by atoms with Gasteiger partial charge in [0, 0.05) is 17.6 Å². The molecule has 2 heterocycles. The topological polar surface area (TPSA) is 103 Å². The highest BCUT2D eigenvalue weighted by atomic mass is 16.6. The average Bonchev–Trinajstić information content (AvgIpc) is 3.42. The molecule has 138 valence electrons. The monoisotopic (exact) mass is 365 g/mol. The molecule has 1 fully saturated rings. The fourth-order valence-corrected chi connectivity index (χ4v) is 3.38. The smallest absolute Gasteiger partial charge is 0.293 e. The molecule has 1 saturated carbocycles. The van der Waals surface area contributed by atoms with E-state index < -0.39 is 4.92 Å². The SMILES string of the molecule is Cc1ccc(NC(=O)Cn2nc(C)c3c(C4CC4)ccnc32)c([N+](=O)[O-])c1. The van der Waals surface area contributed by atoms with Crippen LogP contribution in [0.2, 0.25) is 0 Å². The maximum Gasteiger partial charge on any atom is 0.293 e. The number of nitrogens with zero attached hydrogens (tertiary/aromatic N) is 4. The molecule has 2 aromatic heterocycles. The third-order valence-corrected chi connectivity index (χ3v) is 4.77. The van der Waals surface area contributed by atoms with Gasteiger partial charge in [-0.1, -0.05) is 6.07 Å². The lowest BCUT2D eigenvalue weighted by Gasteiger charge is -2.07. The fourth-order valence-electron chi connectivity index (χ4n) is 3.38. The summed E-state index contributed by atoms with van der Waals surface area (Å²) in [7, 11) is 0. The summed E-state index contributed by atoms with van der Waals surface area (Å²) in [4.78, 5) is 27.6. The highest BCUT2D eigenvalue weighted by molar-refractivity contribution is 5.94. The predicted molar refractivity (Wildman–Crippen MR) is 101 cm³/mol. The Labute approximate surface area is 155 Å². The third kappa shape index (κ3) is 3.25. The number of carbonyl (C=O) groups excluding carboxylic acids is 1. The van der Waals surface area contributed by atoms with Crippen molar-refractivity contribution in [2.24, 2.45) is 0 Å². The van der Waals surface area contributed by atoms with Crippen molar-refractivity contribution >= 4 is 28.3 Å². The number of aromatic nitrogens is 3. The van der Waals surface area contributed by atoms with E-state index in [-0.39, 0.29) is 23.8 Å². The number of hydrogen-bond donors (Lipinski definition) is 1. The molecule has 0 bridgehead atoms. The highest BCUT2D eigenvalue weighted by Gasteiger charge is 2.28. The number of benzene rings is 1. The van der Waals surface area contributed by atoms with Gasteiger partial charge in [-0.2, -0.15) is 5.10 Å². The number of rotatable bonds is 5. The van der Waals surface area contributed by atoms with Crippen LogP contribution >= 0.6 is 0 Å². The number of amides is 1. The Morgan fingerprint density at radius 2 is 2.11 bits per heavy atom. The zero-order valence-corrected chi connectivity index (χ0v) is 15.1. The van der Waals surface area contributed by atoms with E-state index in [1.54, 1.807) is 29.9 Å². The quantitative estimate of drug-likeness (QED) is 0.551. The minimum absolute atomic E-state index is 0.0590. The van der Waals surface area contributed by atoms with E-state index in [0.29, 0.717) is 11.6 Å². The third-order valence-electron chi connectivity index (χ3n) is 4.77. The molecule has 0 spiro atoms. The molecule has 3 aromatic rings. The first kappa shape index (κ1) is 17.1. The number of nitro groups is 1. The van der Waals surface area contributed by atoms with E-state index in [2.05, 4.69) is 15.4 Å². The number of fused-ring (bicyclic) bond motifs is 1. The molecule has 0 unspecified atom stereocenters. The zero-order valence-electron chi connectivity index (χ0n) is 15.1. The number of nitrogens with one attached hydrogen (secondary N) is 1. The van der Waals surface area contributed by atoms with Crippen molar-refractivity contribution in [3.05, 3.63) is 57.4 Å². The summed E-state index contributed by atoms with van der Waals surface area (Å²) < 4.78 is 1.56. The van der Waals surface area contributed by atoms with Gasteiger partial charge in [0.2, 0.25) is 5.91 Å². The molecule has 8 heteroatoms. The van der Waals surface area contributed by atoms with Crippen LogP contribution in [0.3, 0.4) is 0 Å². The minimum Gasteiger partial charge on any atom is -0.319 e. The van der Waals surface area contributed by atoms with Crippen LogP contribution in [0.25, 0.3) is 11.0 Å². The lowest BCUT2D eigenvalue weighted by Crippen LogP contribution is -2.20. The molecule has 0 aliphatic heterocycles. The van der Waals surface area contributed by atoms with Gasteiger partial charge in [0.1, 0.15) is 12.2 Å². The van der Waals surface area contributed by atoms with Crippen molar-refractivity contribution in [1.82, 2.24) is 14.8 Å². The number of nitro benzene ring substituents is 1. The lowest BCUT2D eigenvalue weighted by atomic mass is 10.1. The van der Waals surface area contributed by atoms with Gasteiger partial charge in [-0.3, -0.25) is 14.9 Å². The molecule has 0 radical (unpaired) electrons. The molecule has 0 saturated heterocycles. The summed E-state index contributed by atoms with van der Waals surface area (Å²) in [6, 6.07) is 6.72. The largest absolute Gasteiger partial charge is 0.319 e. The van der Waals surface area contributed by atoms with Crippen molar-refractivity contribution < 1.29 is 9.72 Å². The molecule has 1 amide bonds. The predicted octanol–water partition coefficient (Wildman–Crippen LogP) is 3.47. The van der Waals surface area contributed by atoms with Gasteiger partial charge in [0.05, 0.1) is 10.6 Å². The number of anilines is 1. The van der Waals surface area contributed by atoms with Gasteiger partial charge < -0.3 is 5.32 Å². The standard InChI is InChI=1S/C19H19N5O3/c1-11-3-6-15(16(9-11)24(26)27)21-17(25)10-23-19-18(12(2)22-23)14(7-8-20-19)13-4-5-13/h3,6-9,13H,4-5,10H2,1-2H3,(H,21,25). The Morgan fingerprint density at radius 1 is 1.33 bits per heavy atom. The molecule has 27 heavy (non-hydrogen) atoms. The maximum atomic E-state index is 12.5. The highest BCUT2D eigenvalue weighted by Crippen LogP contribution is 2.43. The summed E-state index contributed by atoms with van der Waals surface area (Å²) >= 11 is 0. The molecule has 1 aliphatic rings. The van der Waals surface area contributed by atoms with Gasteiger partial charge in [-0.05, 0) is 55.9 Å². The number of pyridine rings is 1. The first-order chi connectivity index (χ1) is 12.9. The van der Waals surface area contributed by atoms with Gasteiger partial charge in [0.15, 0.2) is 5.65 Å². The van der Waals surface area contributed by atoms with Gasteiger partial charge >= 0.3 is 0 Å². The second-order valence-electron chi connectivity index (χ2n) is 6.94. The molecule has 1 N–H and O–H groups in total. The summed E-state index contributed by atoms with van der Waals surface area (Å²) in [6.45, 7) is 3.62. The second kappa shape index (κ2) is 6.46. The zero-order chi connectivity index (χ0) is 19.1. The Balaban J connectivity index is 1.61. The Kier molecular flexibility index (Phi) is 4.10. The molecule has 1 aromatic carbocycles. The number of carbonyl (C=O) groups is 1. The number of hydrogen-bond acceptors (Lipinski definition) is 5. The van der Waals surface area contributed by atoms with Crippen LogP contribution in [-0.4, -0.2) is 25.6 Å². The average molecular weight is 365 g/mol. The molecule has 0 atom stereocenters. The van der Waals surface area contributed by atoms with Gasteiger partial charge in [0.25, 0.3) is 5.69 Å². The fraction of sp³-hybridized carbons (Fsp3) is 0.316. The van der Waals surface area contributed by atoms with Crippen LogP contribution in [0.1, 0.15) is 35.6 Å².